The summed E-state index contributed by atoms with van der Waals surface area (Å²) in [6.07, 6.45) is 3.61. The number of nitrogens with two attached hydrogens (primary N) is 1. The third-order valence-corrected chi connectivity index (χ3v) is 5.71. The van der Waals surface area contributed by atoms with E-state index in [1.165, 1.54) is 6.08 Å². The van der Waals surface area contributed by atoms with Gasteiger partial charge >= 0.3 is 0 Å². The number of amides is 2. The molecule has 33 heavy (non-hydrogen) atoms. The molecular formula is C23H25N7O3. The number of hydrogen-bond acceptors (Lipinski definition) is 6. The van der Waals surface area contributed by atoms with Crippen molar-refractivity contribution in [2.45, 2.75) is 18.5 Å². The zero-order chi connectivity index (χ0) is 23.5. The molecule has 0 saturated carbocycles. The number of anilines is 1. The Balaban J connectivity index is 1.72. The summed E-state index contributed by atoms with van der Waals surface area (Å²) in [5, 5.41) is 15.5. The smallest absolute Gasteiger partial charge is 0.255 e. The van der Waals surface area contributed by atoms with Crippen LogP contribution in [0.15, 0.2) is 37.1 Å². The minimum absolute atomic E-state index is 0.132. The van der Waals surface area contributed by atoms with Gasteiger partial charge in [-0.3, -0.25) is 14.7 Å². The van der Waals surface area contributed by atoms with Gasteiger partial charge in [-0.25, -0.2) is 4.68 Å². The highest BCUT2D eigenvalue weighted by Crippen LogP contribution is 2.32. The number of carbonyl (C=O) groups excluding carboxylic acids is 2. The van der Waals surface area contributed by atoms with Gasteiger partial charge in [0.05, 0.1) is 30.4 Å². The van der Waals surface area contributed by atoms with Gasteiger partial charge in [-0.15, -0.1) is 0 Å². The third-order valence-electron chi connectivity index (χ3n) is 5.71. The summed E-state index contributed by atoms with van der Waals surface area (Å²) in [4.78, 5) is 26.4. The van der Waals surface area contributed by atoms with E-state index in [1.807, 2.05) is 18.2 Å². The molecule has 1 fully saturated rings. The van der Waals surface area contributed by atoms with Crippen LogP contribution in [0.1, 0.15) is 34.1 Å². The molecule has 10 nitrogen and oxygen atoms in total. The number of nitrogens with zero attached hydrogens (tertiary/aromatic N) is 4. The van der Waals surface area contributed by atoms with Gasteiger partial charge in [0, 0.05) is 31.7 Å². The molecule has 0 aliphatic carbocycles. The van der Waals surface area contributed by atoms with Crippen LogP contribution in [-0.4, -0.2) is 70.0 Å². The van der Waals surface area contributed by atoms with Crippen LogP contribution >= 0.6 is 0 Å². The maximum Gasteiger partial charge on any atom is 0.255 e. The number of H-pyrrole nitrogens is 1. The Morgan fingerprint density at radius 2 is 2.24 bits per heavy atom. The average Bonchev–Trinajstić information content (AvgIpc) is 3.53. The lowest BCUT2D eigenvalue weighted by Gasteiger charge is -2.22. The van der Waals surface area contributed by atoms with Crippen LogP contribution in [0.3, 0.4) is 0 Å². The number of benzene rings is 1. The second kappa shape index (κ2) is 9.18. The number of ether oxygens (including phenoxy) is 1. The Morgan fingerprint density at radius 3 is 2.94 bits per heavy atom. The number of rotatable bonds is 6. The molecule has 1 saturated heterocycles. The first kappa shape index (κ1) is 22.1. The molecule has 170 valence electrons. The van der Waals surface area contributed by atoms with Crippen molar-refractivity contribution in [3.05, 3.63) is 53.9 Å². The maximum absolute atomic E-state index is 12.3. The van der Waals surface area contributed by atoms with Crippen molar-refractivity contribution < 1.29 is 14.3 Å². The molecule has 0 spiro atoms. The highest BCUT2D eigenvalue weighted by atomic mass is 16.5. The molecule has 4 N–H and O–H groups in total. The molecule has 0 bridgehead atoms. The van der Waals surface area contributed by atoms with Crippen molar-refractivity contribution in [3.63, 3.8) is 0 Å². The molecule has 2 atom stereocenters. The summed E-state index contributed by atoms with van der Waals surface area (Å²) in [5.41, 5.74) is 7.84. The topological polar surface area (TPSA) is 131 Å². The van der Waals surface area contributed by atoms with Crippen molar-refractivity contribution in [1.82, 2.24) is 24.9 Å². The minimum Gasteiger partial charge on any atom is -0.383 e. The van der Waals surface area contributed by atoms with Crippen LogP contribution in [0.5, 0.6) is 0 Å². The molecule has 1 aromatic carbocycles. The number of likely N-dealkylation sites (tertiary alicyclic amines) is 1. The van der Waals surface area contributed by atoms with Crippen molar-refractivity contribution in [3.8, 4) is 11.8 Å². The maximum atomic E-state index is 12.3. The third kappa shape index (κ3) is 4.18. The summed E-state index contributed by atoms with van der Waals surface area (Å²) >= 11 is 0. The van der Waals surface area contributed by atoms with E-state index in [0.29, 0.717) is 25.4 Å². The van der Waals surface area contributed by atoms with E-state index >= 15 is 0 Å². The van der Waals surface area contributed by atoms with E-state index < -0.39 is 5.91 Å². The zero-order valence-corrected chi connectivity index (χ0v) is 18.5. The van der Waals surface area contributed by atoms with Gasteiger partial charge in [0.2, 0.25) is 5.91 Å². The Hall–Kier alpha value is -4.10. The monoisotopic (exact) mass is 447 g/mol. The molecule has 0 unspecified atom stereocenters. The van der Waals surface area contributed by atoms with Crippen molar-refractivity contribution in [2.24, 2.45) is 5.73 Å². The number of primary amides is 1. The van der Waals surface area contributed by atoms with E-state index in [-0.39, 0.29) is 29.2 Å². The van der Waals surface area contributed by atoms with Crippen LogP contribution in [0.4, 0.5) is 5.82 Å². The molecule has 0 radical (unpaired) electrons. The van der Waals surface area contributed by atoms with E-state index in [4.69, 9.17) is 10.5 Å². The van der Waals surface area contributed by atoms with Crippen LogP contribution in [0.2, 0.25) is 0 Å². The van der Waals surface area contributed by atoms with Gasteiger partial charge in [0.25, 0.3) is 5.91 Å². The molecular weight excluding hydrogens is 422 g/mol. The average molecular weight is 447 g/mol. The zero-order valence-electron chi connectivity index (χ0n) is 18.5. The molecule has 10 heteroatoms. The molecule has 2 amide bonds. The summed E-state index contributed by atoms with van der Waals surface area (Å²) < 4.78 is 6.99. The summed E-state index contributed by atoms with van der Waals surface area (Å²) in [7, 11) is 3.29. The van der Waals surface area contributed by atoms with Gasteiger partial charge < -0.3 is 20.7 Å². The van der Waals surface area contributed by atoms with E-state index in [0.717, 1.165) is 16.5 Å². The summed E-state index contributed by atoms with van der Waals surface area (Å²) in [6, 6.07) is 5.33. The fraction of sp³-hybridized carbons (Fsp3) is 0.304. The quantitative estimate of drug-likeness (QED) is 0.385. The van der Waals surface area contributed by atoms with E-state index in [9.17, 15) is 9.59 Å². The number of aromatic amines is 1. The fourth-order valence-electron chi connectivity index (χ4n) is 4.22. The van der Waals surface area contributed by atoms with E-state index in [1.54, 1.807) is 29.9 Å². The normalized spacial score (nSPS) is 17.6. The second-order valence-electron chi connectivity index (χ2n) is 7.75. The van der Waals surface area contributed by atoms with Gasteiger partial charge in [-0.1, -0.05) is 12.5 Å². The van der Waals surface area contributed by atoms with Crippen molar-refractivity contribution in [1.29, 1.82) is 0 Å². The highest BCUT2D eigenvalue weighted by Gasteiger charge is 2.37. The Morgan fingerprint density at radius 1 is 1.42 bits per heavy atom. The number of nitrogens with one attached hydrogen (secondary N) is 2. The molecule has 3 heterocycles. The predicted molar refractivity (Wildman–Crippen MR) is 124 cm³/mol. The molecule has 1 aliphatic rings. The van der Waals surface area contributed by atoms with Crippen LogP contribution in [0, 0.1) is 11.8 Å². The Labute approximate surface area is 190 Å². The van der Waals surface area contributed by atoms with Gasteiger partial charge in [-0.05, 0) is 36.6 Å². The fourth-order valence-corrected chi connectivity index (χ4v) is 4.22. The lowest BCUT2D eigenvalue weighted by atomic mass is 10.1. The lowest BCUT2D eigenvalue weighted by molar-refractivity contribution is -0.127. The number of methoxy groups -OCH3 is 1. The largest absolute Gasteiger partial charge is 0.383 e. The van der Waals surface area contributed by atoms with E-state index in [2.05, 4.69) is 39.0 Å². The summed E-state index contributed by atoms with van der Waals surface area (Å²) in [6.45, 7) is 4.38. The van der Waals surface area contributed by atoms with Crippen molar-refractivity contribution >= 4 is 28.5 Å². The predicted octanol–water partition coefficient (Wildman–Crippen LogP) is 1.27. The first-order valence-electron chi connectivity index (χ1n) is 10.4. The van der Waals surface area contributed by atoms with Gasteiger partial charge in [0.1, 0.15) is 11.4 Å². The first-order chi connectivity index (χ1) is 16.0. The Kier molecular flexibility index (Phi) is 6.15. The van der Waals surface area contributed by atoms with Crippen LogP contribution in [-0.2, 0) is 9.53 Å². The standard InChI is InChI=1S/C23H25N7O3/c1-4-20(31)29-12-16(10-17(29)13-33-3)30-23(25-2)21(22(24)32)19(28-30)8-6-14-5-7-18-15(9-14)11-26-27-18/h4-5,7,9,11,16-17,25H,1,10,12-13H2,2-3H3,(H2,24,32)(H,26,27)/t16-,17+/m0/s1. The number of fused-ring (bicyclic) bond motifs is 1. The molecule has 4 rings (SSSR count). The minimum atomic E-state index is -0.634. The molecule has 3 aromatic rings. The van der Waals surface area contributed by atoms with Crippen LogP contribution in [0.25, 0.3) is 10.9 Å². The summed E-state index contributed by atoms with van der Waals surface area (Å²) in [5.74, 6) is 5.70. The number of aromatic nitrogens is 4. The first-order valence-corrected chi connectivity index (χ1v) is 10.4. The number of carbonyl (C=O) groups is 2. The second-order valence-corrected chi connectivity index (χ2v) is 7.75. The van der Waals surface area contributed by atoms with Gasteiger partial charge in [-0.2, -0.15) is 10.2 Å². The highest BCUT2D eigenvalue weighted by molar-refractivity contribution is 6.00. The molecule has 2 aromatic heterocycles. The number of hydrogen-bond donors (Lipinski definition) is 3. The Bertz CT molecular complexity index is 1280. The van der Waals surface area contributed by atoms with Gasteiger partial charge in [0.15, 0.2) is 5.69 Å². The SMILES string of the molecule is C=CC(=O)N1C[C@@H](n2nc(C#Cc3ccc4[nH]ncc4c3)c(C(N)=O)c2NC)C[C@@H]1COC. The lowest BCUT2D eigenvalue weighted by Crippen LogP contribution is -2.37. The molecule has 1 aliphatic heterocycles. The van der Waals surface area contributed by atoms with Crippen LogP contribution < -0.4 is 11.1 Å². The van der Waals surface area contributed by atoms with Crippen molar-refractivity contribution in [2.75, 3.05) is 32.6 Å².